The Morgan fingerprint density at radius 2 is 2.00 bits per heavy atom. The van der Waals surface area contributed by atoms with E-state index < -0.39 is 0 Å². The van der Waals surface area contributed by atoms with Crippen molar-refractivity contribution in [1.29, 1.82) is 0 Å². The first-order chi connectivity index (χ1) is 15.0. The van der Waals surface area contributed by atoms with Crippen molar-refractivity contribution >= 4 is 41.5 Å². The maximum Gasteiger partial charge on any atom is 0.191 e. The van der Waals surface area contributed by atoms with Gasteiger partial charge in [0.15, 0.2) is 5.96 Å². The zero-order valence-electron chi connectivity index (χ0n) is 19.4. The number of ether oxygens (including phenoxy) is 2. The molecular formula is C23H35ClIN5O2. The topological polar surface area (TPSA) is 72.7 Å². The molecule has 2 aromatic rings. The van der Waals surface area contributed by atoms with E-state index in [1.165, 1.54) is 5.69 Å². The summed E-state index contributed by atoms with van der Waals surface area (Å²) in [5, 5.41) is 12.2. The van der Waals surface area contributed by atoms with Gasteiger partial charge in [0.1, 0.15) is 5.75 Å². The number of halogens is 2. The van der Waals surface area contributed by atoms with Crippen LogP contribution in [0.4, 0.5) is 0 Å². The van der Waals surface area contributed by atoms with Crippen molar-refractivity contribution in [2.75, 3.05) is 40.5 Å². The minimum Gasteiger partial charge on any atom is -0.496 e. The van der Waals surface area contributed by atoms with Gasteiger partial charge in [-0.15, -0.1) is 24.0 Å². The molecule has 0 amide bonds. The number of methoxy groups -OCH3 is 1. The Kier molecular flexibility index (Phi) is 10.6. The molecule has 1 saturated heterocycles. The fourth-order valence-electron chi connectivity index (χ4n) is 4.21. The molecule has 7 nitrogen and oxygen atoms in total. The Labute approximate surface area is 213 Å². The second-order valence-electron chi connectivity index (χ2n) is 8.09. The molecule has 0 radical (unpaired) electrons. The lowest BCUT2D eigenvalue weighted by molar-refractivity contribution is 0.0505. The summed E-state index contributed by atoms with van der Waals surface area (Å²) in [7, 11) is 3.50. The highest BCUT2D eigenvalue weighted by Gasteiger charge is 2.37. The van der Waals surface area contributed by atoms with E-state index in [4.69, 9.17) is 21.1 Å². The van der Waals surface area contributed by atoms with Crippen molar-refractivity contribution in [2.45, 2.75) is 45.1 Å². The number of guanidine groups is 1. The van der Waals surface area contributed by atoms with Crippen LogP contribution in [0, 0.1) is 13.8 Å². The average Bonchev–Trinajstić information content (AvgIpc) is 3.10. The van der Waals surface area contributed by atoms with Crippen LogP contribution in [0.3, 0.4) is 0 Å². The third-order valence-electron chi connectivity index (χ3n) is 5.94. The van der Waals surface area contributed by atoms with Gasteiger partial charge in [0, 0.05) is 61.6 Å². The Bertz CT molecular complexity index is 897. The highest BCUT2D eigenvalue weighted by molar-refractivity contribution is 14.0. The molecule has 2 N–H and O–H groups in total. The molecule has 0 aliphatic carbocycles. The second kappa shape index (κ2) is 12.6. The summed E-state index contributed by atoms with van der Waals surface area (Å²) in [6.45, 7) is 7.96. The largest absolute Gasteiger partial charge is 0.496 e. The average molecular weight is 576 g/mol. The normalized spacial score (nSPS) is 15.7. The zero-order valence-corrected chi connectivity index (χ0v) is 22.5. The number of aromatic nitrogens is 2. The van der Waals surface area contributed by atoms with E-state index in [0.717, 1.165) is 61.9 Å². The Morgan fingerprint density at radius 3 is 2.62 bits per heavy atom. The van der Waals surface area contributed by atoms with Crippen LogP contribution in [0.15, 0.2) is 29.3 Å². The maximum absolute atomic E-state index is 6.34. The molecule has 2 heterocycles. The Hall–Kier alpha value is -1.52. The smallest absolute Gasteiger partial charge is 0.191 e. The number of aryl methyl sites for hydroxylation is 3. The van der Waals surface area contributed by atoms with Gasteiger partial charge in [-0.1, -0.05) is 11.6 Å². The van der Waals surface area contributed by atoms with Gasteiger partial charge in [-0.2, -0.15) is 5.10 Å². The molecule has 0 spiro atoms. The minimum absolute atomic E-state index is 0. The van der Waals surface area contributed by atoms with Crippen molar-refractivity contribution in [1.82, 2.24) is 20.4 Å². The van der Waals surface area contributed by atoms with Gasteiger partial charge in [-0.3, -0.25) is 9.67 Å². The first kappa shape index (κ1) is 26.7. The van der Waals surface area contributed by atoms with Crippen LogP contribution in [-0.4, -0.2) is 56.2 Å². The summed E-state index contributed by atoms with van der Waals surface area (Å²) >= 11 is 6.34. The van der Waals surface area contributed by atoms with Crippen LogP contribution >= 0.6 is 35.6 Å². The summed E-state index contributed by atoms with van der Waals surface area (Å²) in [6, 6.07) is 7.94. The zero-order chi connectivity index (χ0) is 22.3. The standard InChI is InChI=1S/C23H34ClN5O2.HI/c1-17-14-18(2)29(28-17)11-5-10-26-22(25-3)27-16-23(8-12-31-13-9-23)20-15-19(24)6-7-21(20)30-4;/h6-7,14-15H,5,8-13,16H2,1-4H3,(H2,25,26,27);1H. The van der Waals surface area contributed by atoms with E-state index in [1.54, 1.807) is 14.2 Å². The second-order valence-corrected chi connectivity index (χ2v) is 8.53. The molecule has 0 atom stereocenters. The van der Waals surface area contributed by atoms with Gasteiger partial charge < -0.3 is 20.1 Å². The van der Waals surface area contributed by atoms with Crippen molar-refractivity contribution < 1.29 is 9.47 Å². The number of hydrogen-bond acceptors (Lipinski definition) is 4. The van der Waals surface area contributed by atoms with E-state index in [-0.39, 0.29) is 29.4 Å². The predicted octanol–water partition coefficient (Wildman–Crippen LogP) is 4.08. The van der Waals surface area contributed by atoms with E-state index in [9.17, 15) is 0 Å². The molecular weight excluding hydrogens is 541 g/mol. The van der Waals surface area contributed by atoms with Gasteiger partial charge in [0.25, 0.3) is 0 Å². The maximum atomic E-state index is 6.34. The third-order valence-corrected chi connectivity index (χ3v) is 6.18. The first-order valence-electron chi connectivity index (χ1n) is 10.8. The lowest BCUT2D eigenvalue weighted by atomic mass is 9.73. The highest BCUT2D eigenvalue weighted by atomic mass is 127. The van der Waals surface area contributed by atoms with E-state index in [2.05, 4.69) is 38.4 Å². The number of hydrogen-bond donors (Lipinski definition) is 2. The van der Waals surface area contributed by atoms with Gasteiger partial charge in [-0.25, -0.2) is 0 Å². The molecule has 0 unspecified atom stereocenters. The summed E-state index contributed by atoms with van der Waals surface area (Å²) in [5.74, 6) is 1.65. The molecule has 0 bridgehead atoms. The first-order valence-corrected chi connectivity index (χ1v) is 11.2. The van der Waals surface area contributed by atoms with Crippen LogP contribution < -0.4 is 15.4 Å². The summed E-state index contributed by atoms with van der Waals surface area (Å²) in [5.41, 5.74) is 3.24. The van der Waals surface area contributed by atoms with Crippen LogP contribution in [0.2, 0.25) is 5.02 Å². The van der Waals surface area contributed by atoms with E-state index in [0.29, 0.717) is 18.2 Å². The Balaban J connectivity index is 0.00000363. The van der Waals surface area contributed by atoms with Crippen molar-refractivity contribution in [2.24, 2.45) is 4.99 Å². The SMILES string of the molecule is CN=C(NCCCn1nc(C)cc1C)NCC1(c2cc(Cl)ccc2OC)CCOCC1.I. The quantitative estimate of drug-likeness (QED) is 0.215. The van der Waals surface area contributed by atoms with E-state index >= 15 is 0 Å². The van der Waals surface area contributed by atoms with Gasteiger partial charge in [0.2, 0.25) is 0 Å². The lowest BCUT2D eigenvalue weighted by Crippen LogP contribution is -2.48. The molecule has 9 heteroatoms. The third kappa shape index (κ3) is 6.74. The minimum atomic E-state index is -0.129. The summed E-state index contributed by atoms with van der Waals surface area (Å²) < 4.78 is 13.4. The monoisotopic (exact) mass is 575 g/mol. The molecule has 3 rings (SSSR count). The number of rotatable bonds is 8. The molecule has 32 heavy (non-hydrogen) atoms. The molecule has 0 saturated carbocycles. The van der Waals surface area contributed by atoms with Crippen molar-refractivity contribution in [3.63, 3.8) is 0 Å². The van der Waals surface area contributed by atoms with Crippen molar-refractivity contribution in [3.8, 4) is 5.75 Å². The van der Waals surface area contributed by atoms with Gasteiger partial charge >= 0.3 is 0 Å². The molecule has 1 fully saturated rings. The fourth-order valence-corrected chi connectivity index (χ4v) is 4.38. The number of nitrogens with one attached hydrogen (secondary N) is 2. The molecule has 1 aromatic heterocycles. The van der Waals surface area contributed by atoms with Gasteiger partial charge in [-0.05, 0) is 57.4 Å². The highest BCUT2D eigenvalue weighted by Crippen LogP contribution is 2.40. The van der Waals surface area contributed by atoms with Crippen LogP contribution in [0.1, 0.15) is 36.2 Å². The lowest BCUT2D eigenvalue weighted by Gasteiger charge is -2.39. The number of nitrogens with zero attached hydrogens (tertiary/aromatic N) is 3. The van der Waals surface area contributed by atoms with Crippen LogP contribution in [0.25, 0.3) is 0 Å². The fraction of sp³-hybridized carbons (Fsp3) is 0.565. The van der Waals surface area contributed by atoms with E-state index in [1.807, 2.05) is 25.1 Å². The molecule has 1 aromatic carbocycles. The predicted molar refractivity (Wildman–Crippen MR) is 141 cm³/mol. The van der Waals surface area contributed by atoms with Crippen LogP contribution in [-0.2, 0) is 16.7 Å². The van der Waals surface area contributed by atoms with Crippen LogP contribution in [0.5, 0.6) is 5.75 Å². The number of benzene rings is 1. The van der Waals surface area contributed by atoms with Gasteiger partial charge in [0.05, 0.1) is 12.8 Å². The molecule has 178 valence electrons. The molecule has 1 aliphatic heterocycles. The Morgan fingerprint density at radius 1 is 1.25 bits per heavy atom. The van der Waals surface area contributed by atoms with Crippen molar-refractivity contribution in [3.05, 3.63) is 46.2 Å². The summed E-state index contributed by atoms with van der Waals surface area (Å²) in [4.78, 5) is 4.41. The molecule has 1 aliphatic rings. The number of aliphatic imine (C=N–C) groups is 1. The summed E-state index contributed by atoms with van der Waals surface area (Å²) in [6.07, 6.45) is 2.75.